The number of imidazole rings is 1. The molecular weight excluding hydrogens is 322 g/mol. The molecule has 0 aliphatic rings. The Morgan fingerprint density at radius 2 is 2.04 bits per heavy atom. The Kier molecular flexibility index (Phi) is 5.05. The first-order valence-electron chi connectivity index (χ1n) is 7.75. The van der Waals surface area contributed by atoms with E-state index in [-0.39, 0.29) is 5.91 Å². The van der Waals surface area contributed by atoms with Crippen LogP contribution in [0.15, 0.2) is 58.4 Å². The smallest absolute Gasteiger partial charge is 0.291 e. The van der Waals surface area contributed by atoms with Gasteiger partial charge in [-0.2, -0.15) is 0 Å². The third kappa shape index (κ3) is 3.89. The van der Waals surface area contributed by atoms with Crippen LogP contribution in [0.3, 0.4) is 0 Å². The number of carbonyl (C=O) groups excluding carboxylic acids is 1. The molecule has 124 valence electrons. The van der Waals surface area contributed by atoms with Gasteiger partial charge in [0.25, 0.3) is 5.91 Å². The number of rotatable bonds is 6. The molecule has 2 heterocycles. The monoisotopic (exact) mass is 341 g/mol. The number of benzene rings is 1. The van der Waals surface area contributed by atoms with Gasteiger partial charge in [-0.05, 0) is 36.2 Å². The number of aryl methyl sites for hydroxylation is 2. The Morgan fingerprint density at radius 3 is 2.71 bits per heavy atom. The lowest BCUT2D eigenvalue weighted by molar-refractivity contribution is 0.0995. The lowest BCUT2D eigenvalue weighted by Crippen LogP contribution is -2.10. The molecule has 3 aromatic rings. The van der Waals surface area contributed by atoms with Crippen LogP contribution in [0.1, 0.15) is 28.8 Å². The molecule has 1 amide bonds. The number of nitrogens with one attached hydrogen (secondary N) is 1. The predicted octanol–water partition coefficient (Wildman–Crippen LogP) is 4.12. The van der Waals surface area contributed by atoms with Crippen LogP contribution in [0.5, 0.6) is 0 Å². The van der Waals surface area contributed by atoms with Gasteiger partial charge in [0.15, 0.2) is 10.9 Å². The van der Waals surface area contributed by atoms with Crippen LogP contribution in [0.25, 0.3) is 0 Å². The highest BCUT2D eigenvalue weighted by molar-refractivity contribution is 7.98. The number of aromatic nitrogens is 2. The zero-order chi connectivity index (χ0) is 16.9. The second-order valence-corrected chi connectivity index (χ2v) is 6.32. The number of thioether (sulfide) groups is 1. The van der Waals surface area contributed by atoms with Gasteiger partial charge in [0.1, 0.15) is 5.76 Å². The molecule has 0 radical (unpaired) electrons. The average molecular weight is 341 g/mol. The number of amides is 1. The van der Waals surface area contributed by atoms with Gasteiger partial charge < -0.3 is 14.3 Å². The van der Waals surface area contributed by atoms with Crippen molar-refractivity contribution < 1.29 is 9.21 Å². The molecule has 0 saturated heterocycles. The second kappa shape index (κ2) is 7.40. The molecule has 0 atom stereocenters. The largest absolute Gasteiger partial charge is 0.455 e. The van der Waals surface area contributed by atoms with E-state index >= 15 is 0 Å². The van der Waals surface area contributed by atoms with Gasteiger partial charge in [-0.15, -0.1) is 0 Å². The molecule has 5 nitrogen and oxygen atoms in total. The van der Waals surface area contributed by atoms with Crippen molar-refractivity contribution in [2.45, 2.75) is 24.3 Å². The topological polar surface area (TPSA) is 60.1 Å². The lowest BCUT2D eigenvalue weighted by atomic mass is 10.1. The van der Waals surface area contributed by atoms with Gasteiger partial charge >= 0.3 is 0 Å². The van der Waals surface area contributed by atoms with Crippen LogP contribution in [0.4, 0.5) is 5.69 Å². The third-order valence-corrected chi connectivity index (χ3v) is 4.71. The van der Waals surface area contributed by atoms with Gasteiger partial charge in [0.2, 0.25) is 0 Å². The van der Waals surface area contributed by atoms with E-state index in [2.05, 4.69) is 17.2 Å². The summed E-state index contributed by atoms with van der Waals surface area (Å²) < 4.78 is 7.58. The fraction of sp³-hybridized carbons (Fsp3) is 0.222. The zero-order valence-corrected chi connectivity index (χ0v) is 14.5. The van der Waals surface area contributed by atoms with Crippen molar-refractivity contribution in [2.24, 2.45) is 7.05 Å². The van der Waals surface area contributed by atoms with Gasteiger partial charge in [-0.3, -0.25) is 4.79 Å². The summed E-state index contributed by atoms with van der Waals surface area (Å²) in [5.74, 6) is 1.44. The summed E-state index contributed by atoms with van der Waals surface area (Å²) in [6.07, 6.45) is 4.63. The molecular formula is C18H19N3O2S. The molecule has 6 heteroatoms. The van der Waals surface area contributed by atoms with Crippen molar-refractivity contribution in [3.63, 3.8) is 0 Å². The average Bonchev–Trinajstić information content (AvgIpc) is 3.22. The first-order valence-corrected chi connectivity index (χ1v) is 8.73. The van der Waals surface area contributed by atoms with E-state index < -0.39 is 0 Å². The highest BCUT2D eigenvalue weighted by Gasteiger charge is 2.12. The summed E-state index contributed by atoms with van der Waals surface area (Å²) in [4.78, 5) is 16.5. The quantitative estimate of drug-likeness (QED) is 0.685. The number of furan rings is 1. The minimum atomic E-state index is -0.243. The van der Waals surface area contributed by atoms with Crippen molar-refractivity contribution in [2.75, 3.05) is 5.32 Å². The minimum absolute atomic E-state index is 0.243. The van der Waals surface area contributed by atoms with Crippen LogP contribution in [-0.4, -0.2) is 15.5 Å². The molecule has 0 aliphatic heterocycles. The van der Waals surface area contributed by atoms with E-state index in [9.17, 15) is 4.79 Å². The Morgan fingerprint density at radius 1 is 1.25 bits per heavy atom. The molecule has 0 spiro atoms. The molecule has 0 saturated carbocycles. The number of anilines is 1. The van der Waals surface area contributed by atoms with Crippen LogP contribution in [-0.2, 0) is 19.2 Å². The third-order valence-electron chi connectivity index (χ3n) is 3.63. The molecule has 0 bridgehead atoms. The summed E-state index contributed by atoms with van der Waals surface area (Å²) in [5, 5.41) is 3.76. The molecule has 0 aliphatic carbocycles. The maximum atomic E-state index is 12.2. The number of nitrogens with zero attached hydrogens (tertiary/aromatic N) is 2. The highest BCUT2D eigenvalue weighted by Crippen LogP contribution is 2.22. The fourth-order valence-electron chi connectivity index (χ4n) is 2.22. The van der Waals surface area contributed by atoms with Crippen LogP contribution in [0.2, 0.25) is 0 Å². The molecule has 2 aromatic heterocycles. The van der Waals surface area contributed by atoms with Crippen LogP contribution < -0.4 is 5.32 Å². The van der Waals surface area contributed by atoms with E-state index in [0.29, 0.717) is 11.5 Å². The van der Waals surface area contributed by atoms with Gasteiger partial charge in [0, 0.05) is 25.1 Å². The summed E-state index contributed by atoms with van der Waals surface area (Å²) >= 11 is 1.57. The highest BCUT2D eigenvalue weighted by atomic mass is 32.2. The second-order valence-electron chi connectivity index (χ2n) is 5.38. The lowest BCUT2D eigenvalue weighted by Gasteiger charge is -2.04. The predicted molar refractivity (Wildman–Crippen MR) is 95.3 cm³/mol. The zero-order valence-electron chi connectivity index (χ0n) is 13.7. The van der Waals surface area contributed by atoms with E-state index in [1.807, 2.05) is 48.1 Å². The van der Waals surface area contributed by atoms with E-state index in [4.69, 9.17) is 4.42 Å². The van der Waals surface area contributed by atoms with Crippen molar-refractivity contribution >= 4 is 23.4 Å². The van der Waals surface area contributed by atoms with E-state index in [1.54, 1.807) is 24.0 Å². The molecule has 0 fully saturated rings. The first kappa shape index (κ1) is 16.4. The molecule has 24 heavy (non-hydrogen) atoms. The van der Waals surface area contributed by atoms with Gasteiger partial charge in [0.05, 0.1) is 5.75 Å². The molecule has 0 unspecified atom stereocenters. The SMILES string of the molecule is CCc1ccc(NC(=O)c2ccc(CSc3nccn3C)o2)cc1. The number of hydrogen-bond acceptors (Lipinski definition) is 4. The van der Waals surface area contributed by atoms with Crippen molar-refractivity contribution in [3.05, 3.63) is 65.9 Å². The van der Waals surface area contributed by atoms with Crippen molar-refractivity contribution in [1.29, 1.82) is 0 Å². The Balaban J connectivity index is 1.59. The van der Waals surface area contributed by atoms with Gasteiger partial charge in [-0.25, -0.2) is 4.98 Å². The standard InChI is InChI=1S/C18H19N3O2S/c1-3-13-4-6-14(7-5-13)20-17(22)16-9-8-15(23-16)12-24-18-19-10-11-21(18)2/h4-11H,3,12H2,1-2H3,(H,20,22). The molecule has 3 rings (SSSR count). The van der Waals surface area contributed by atoms with Crippen molar-refractivity contribution in [1.82, 2.24) is 9.55 Å². The Bertz CT molecular complexity index is 821. The fourth-order valence-corrected chi connectivity index (χ4v) is 3.05. The summed E-state index contributed by atoms with van der Waals surface area (Å²) in [7, 11) is 1.94. The molecule has 1 N–H and O–H groups in total. The van der Waals surface area contributed by atoms with E-state index in [1.165, 1.54) is 5.56 Å². The van der Waals surface area contributed by atoms with Crippen LogP contribution >= 0.6 is 11.8 Å². The Labute approximate surface area is 145 Å². The summed E-state index contributed by atoms with van der Waals surface area (Å²) in [6.45, 7) is 2.10. The summed E-state index contributed by atoms with van der Waals surface area (Å²) in [5.41, 5.74) is 2.00. The van der Waals surface area contributed by atoms with Crippen molar-refractivity contribution in [3.8, 4) is 0 Å². The maximum absolute atomic E-state index is 12.2. The van der Waals surface area contributed by atoms with Gasteiger partial charge in [-0.1, -0.05) is 30.8 Å². The van der Waals surface area contributed by atoms with E-state index in [0.717, 1.165) is 23.0 Å². The summed E-state index contributed by atoms with van der Waals surface area (Å²) in [6, 6.07) is 11.3. The maximum Gasteiger partial charge on any atom is 0.291 e. The molecule has 1 aromatic carbocycles. The minimum Gasteiger partial charge on any atom is -0.455 e. The first-order chi connectivity index (χ1) is 11.7. The Hall–Kier alpha value is -2.47. The number of carbonyl (C=O) groups is 1. The normalized spacial score (nSPS) is 10.8. The van der Waals surface area contributed by atoms with Crippen LogP contribution in [0, 0.1) is 0 Å². The number of hydrogen-bond donors (Lipinski definition) is 1.